The largest absolute Gasteiger partial charge is 0.326 e. The molecule has 1 N–H and O–H groups in total. The Morgan fingerprint density at radius 3 is 2.39 bits per heavy atom. The summed E-state index contributed by atoms with van der Waals surface area (Å²) in [6, 6.07) is 26.0. The number of hydrogen-bond acceptors (Lipinski definition) is 2. The number of nitrogens with zero attached hydrogens (tertiary/aromatic N) is 2. The fourth-order valence-electron chi connectivity index (χ4n) is 4.24. The van der Waals surface area contributed by atoms with Crippen LogP contribution < -0.4 is 0 Å². The molecule has 5 rings (SSSR count). The zero-order valence-electron chi connectivity index (χ0n) is 17.2. The molecule has 1 unspecified atom stereocenters. The second-order valence-corrected chi connectivity index (χ2v) is 8.35. The number of fused-ring (bicyclic) bond motifs is 1. The van der Waals surface area contributed by atoms with Crippen LogP contribution in [0.25, 0.3) is 11.3 Å². The third kappa shape index (κ3) is 3.64. The zero-order valence-corrected chi connectivity index (χ0v) is 17.9. The van der Waals surface area contributed by atoms with Gasteiger partial charge in [-0.25, -0.2) is 0 Å². The molecule has 1 aliphatic heterocycles. The van der Waals surface area contributed by atoms with Crippen molar-refractivity contribution >= 4 is 17.5 Å². The first-order valence-electron chi connectivity index (χ1n) is 10.4. The van der Waals surface area contributed by atoms with Crippen molar-refractivity contribution in [2.24, 2.45) is 0 Å². The molecule has 1 atom stereocenters. The Hall–Kier alpha value is -3.37. The molecule has 0 radical (unpaired) electrons. The predicted octanol–water partition coefficient (Wildman–Crippen LogP) is 5.83. The van der Waals surface area contributed by atoms with Crippen molar-refractivity contribution in [3.63, 3.8) is 0 Å². The van der Waals surface area contributed by atoms with Crippen molar-refractivity contribution in [1.82, 2.24) is 15.1 Å². The molecule has 0 bridgehead atoms. The van der Waals surface area contributed by atoms with Gasteiger partial charge in [-0.05, 0) is 36.6 Å². The van der Waals surface area contributed by atoms with E-state index in [9.17, 15) is 4.79 Å². The molecule has 0 spiro atoms. The lowest BCUT2D eigenvalue weighted by atomic mass is 9.95. The molecule has 4 nitrogen and oxygen atoms in total. The van der Waals surface area contributed by atoms with Crippen LogP contribution in [0.4, 0.5) is 0 Å². The van der Waals surface area contributed by atoms with Gasteiger partial charge in [-0.2, -0.15) is 5.10 Å². The Morgan fingerprint density at radius 1 is 0.968 bits per heavy atom. The number of aryl methyl sites for hydroxylation is 1. The van der Waals surface area contributed by atoms with Gasteiger partial charge in [0.1, 0.15) is 5.69 Å². The van der Waals surface area contributed by atoms with E-state index in [4.69, 9.17) is 11.6 Å². The maximum Gasteiger partial charge on any atom is 0.273 e. The van der Waals surface area contributed by atoms with Crippen LogP contribution in [0.1, 0.15) is 38.8 Å². The van der Waals surface area contributed by atoms with Gasteiger partial charge in [-0.1, -0.05) is 83.9 Å². The van der Waals surface area contributed by atoms with Crippen LogP contribution in [0.3, 0.4) is 0 Å². The van der Waals surface area contributed by atoms with Crippen molar-refractivity contribution in [2.75, 3.05) is 6.54 Å². The fraction of sp³-hybridized carbons (Fsp3) is 0.154. The Kier molecular flexibility index (Phi) is 5.08. The Morgan fingerprint density at radius 2 is 1.68 bits per heavy atom. The van der Waals surface area contributed by atoms with Gasteiger partial charge >= 0.3 is 0 Å². The lowest BCUT2D eigenvalue weighted by Gasteiger charge is -2.26. The van der Waals surface area contributed by atoms with Crippen LogP contribution in [-0.2, 0) is 6.42 Å². The third-order valence-electron chi connectivity index (χ3n) is 5.86. The minimum absolute atomic E-state index is 0.0169. The highest BCUT2D eigenvalue weighted by Crippen LogP contribution is 2.43. The van der Waals surface area contributed by atoms with Crippen LogP contribution in [0.15, 0.2) is 78.9 Å². The number of rotatable bonds is 5. The van der Waals surface area contributed by atoms with Gasteiger partial charge in [0.2, 0.25) is 0 Å². The van der Waals surface area contributed by atoms with E-state index < -0.39 is 0 Å². The Bertz CT molecular complexity index is 1210. The molecule has 1 aromatic heterocycles. The van der Waals surface area contributed by atoms with Gasteiger partial charge in [0.15, 0.2) is 0 Å². The summed E-state index contributed by atoms with van der Waals surface area (Å²) < 4.78 is 0. The number of carbonyl (C=O) groups is 1. The highest BCUT2D eigenvalue weighted by atomic mass is 35.5. The van der Waals surface area contributed by atoms with Crippen molar-refractivity contribution < 1.29 is 4.79 Å². The lowest BCUT2D eigenvalue weighted by Crippen LogP contribution is -2.31. The summed E-state index contributed by atoms with van der Waals surface area (Å²) in [4.78, 5) is 15.3. The molecule has 3 aromatic carbocycles. The van der Waals surface area contributed by atoms with E-state index in [1.807, 2.05) is 47.4 Å². The SMILES string of the molecule is Cc1ccc(-c2n[nH]c3c2C(c2ccc(Cl)cc2)N(CCc2ccccc2)C3=O)cc1. The minimum Gasteiger partial charge on any atom is -0.326 e. The highest BCUT2D eigenvalue weighted by molar-refractivity contribution is 6.30. The first-order valence-corrected chi connectivity index (χ1v) is 10.8. The molecule has 5 heteroatoms. The maximum atomic E-state index is 13.4. The summed E-state index contributed by atoms with van der Waals surface area (Å²) in [5.41, 5.74) is 6.75. The lowest BCUT2D eigenvalue weighted by molar-refractivity contribution is 0.0746. The summed E-state index contributed by atoms with van der Waals surface area (Å²) in [6.45, 7) is 2.68. The molecule has 0 aliphatic carbocycles. The van der Waals surface area contributed by atoms with Crippen LogP contribution in [-0.4, -0.2) is 27.5 Å². The average molecular weight is 428 g/mol. The molecule has 0 saturated carbocycles. The van der Waals surface area contributed by atoms with E-state index in [1.54, 1.807) is 0 Å². The molecule has 31 heavy (non-hydrogen) atoms. The molecule has 4 aromatic rings. The molecular weight excluding hydrogens is 406 g/mol. The van der Waals surface area contributed by atoms with Crippen molar-refractivity contribution in [3.8, 4) is 11.3 Å². The number of nitrogens with one attached hydrogen (secondary N) is 1. The van der Waals surface area contributed by atoms with Crippen LogP contribution in [0.2, 0.25) is 5.02 Å². The summed E-state index contributed by atoms with van der Waals surface area (Å²) >= 11 is 6.15. The molecule has 0 fully saturated rings. The third-order valence-corrected chi connectivity index (χ3v) is 6.11. The first-order chi connectivity index (χ1) is 15.1. The topological polar surface area (TPSA) is 49.0 Å². The van der Waals surface area contributed by atoms with Gasteiger partial charge in [0.05, 0.1) is 11.7 Å². The van der Waals surface area contributed by atoms with Crippen molar-refractivity contribution in [1.29, 1.82) is 0 Å². The molecule has 0 saturated heterocycles. The molecule has 2 heterocycles. The van der Waals surface area contributed by atoms with Gasteiger partial charge < -0.3 is 4.90 Å². The Labute approximate surface area is 186 Å². The van der Waals surface area contributed by atoms with Gasteiger partial charge in [-0.15, -0.1) is 0 Å². The molecular formula is C26H22ClN3O. The average Bonchev–Trinajstić information content (AvgIpc) is 3.33. The fourth-order valence-corrected chi connectivity index (χ4v) is 4.37. The Balaban J connectivity index is 1.57. The number of aromatic nitrogens is 2. The highest BCUT2D eigenvalue weighted by Gasteiger charge is 2.41. The van der Waals surface area contributed by atoms with Gasteiger partial charge in [-0.3, -0.25) is 9.89 Å². The quantitative estimate of drug-likeness (QED) is 0.435. The van der Waals surface area contributed by atoms with E-state index in [-0.39, 0.29) is 11.9 Å². The second-order valence-electron chi connectivity index (χ2n) is 7.92. The smallest absolute Gasteiger partial charge is 0.273 e. The number of hydrogen-bond donors (Lipinski definition) is 1. The van der Waals surface area contributed by atoms with E-state index in [2.05, 4.69) is 53.5 Å². The molecule has 1 amide bonds. The van der Waals surface area contributed by atoms with Crippen molar-refractivity contribution in [2.45, 2.75) is 19.4 Å². The van der Waals surface area contributed by atoms with Gasteiger partial charge in [0, 0.05) is 22.7 Å². The summed E-state index contributed by atoms with van der Waals surface area (Å²) in [6.07, 6.45) is 0.786. The second kappa shape index (κ2) is 8.05. The van der Waals surface area contributed by atoms with Crippen molar-refractivity contribution in [3.05, 3.63) is 112 Å². The van der Waals surface area contributed by atoms with Crippen LogP contribution >= 0.6 is 11.6 Å². The normalized spacial score (nSPS) is 15.4. The van der Waals surface area contributed by atoms with E-state index in [0.29, 0.717) is 17.3 Å². The minimum atomic E-state index is -0.210. The van der Waals surface area contributed by atoms with E-state index in [0.717, 1.165) is 28.8 Å². The number of halogens is 1. The number of benzene rings is 3. The number of carbonyl (C=O) groups excluding carboxylic acids is 1. The zero-order chi connectivity index (χ0) is 21.4. The molecule has 1 aliphatic rings. The van der Waals surface area contributed by atoms with E-state index in [1.165, 1.54) is 11.1 Å². The monoisotopic (exact) mass is 427 g/mol. The number of aromatic amines is 1. The van der Waals surface area contributed by atoms with Gasteiger partial charge in [0.25, 0.3) is 5.91 Å². The van der Waals surface area contributed by atoms with Crippen LogP contribution in [0.5, 0.6) is 0 Å². The summed E-state index contributed by atoms with van der Waals surface area (Å²) in [5, 5.41) is 8.23. The first kappa shape index (κ1) is 19.6. The van der Waals surface area contributed by atoms with E-state index >= 15 is 0 Å². The summed E-state index contributed by atoms with van der Waals surface area (Å²) in [7, 11) is 0. The molecule has 154 valence electrons. The maximum absolute atomic E-state index is 13.4. The summed E-state index contributed by atoms with van der Waals surface area (Å²) in [5.74, 6) is -0.0169. The standard InChI is InChI=1S/C26H22ClN3O/c1-17-7-9-19(10-8-17)23-22-24(29-28-23)26(31)30(16-15-18-5-3-2-4-6-18)25(22)20-11-13-21(27)14-12-20/h2-14,25H,15-16H2,1H3,(H,28,29). The number of H-pyrrole nitrogens is 1. The van der Waals surface area contributed by atoms with Crippen LogP contribution in [0, 0.1) is 6.92 Å². The predicted molar refractivity (Wildman–Crippen MR) is 123 cm³/mol. The number of amides is 1.